The van der Waals surface area contributed by atoms with Gasteiger partial charge in [-0.1, -0.05) is 0 Å². The lowest BCUT2D eigenvalue weighted by Gasteiger charge is -2.26. The third-order valence-corrected chi connectivity index (χ3v) is 5.95. The van der Waals surface area contributed by atoms with Crippen LogP contribution in [0.1, 0.15) is 6.42 Å². The first-order chi connectivity index (χ1) is 11.9. The summed E-state index contributed by atoms with van der Waals surface area (Å²) in [6.07, 6.45) is 0.992. The summed E-state index contributed by atoms with van der Waals surface area (Å²) in [6, 6.07) is 6.64. The Morgan fingerprint density at radius 3 is 2.48 bits per heavy atom. The van der Waals surface area contributed by atoms with Gasteiger partial charge in [-0.3, -0.25) is 0 Å². The fraction of sp³-hybridized carbons (Fsp3) is 0.562. The van der Waals surface area contributed by atoms with Gasteiger partial charge in [-0.15, -0.1) is 0 Å². The summed E-state index contributed by atoms with van der Waals surface area (Å²) in [7, 11) is 0.601. The standard InChI is InChI=1S/C16H26N4O3S2/c1-19(2)9-3-8-17-16(24)18-14-4-6-15(7-5-14)25(21,22)20-10-12-23-13-11-20/h4-7H,3,8-13H2,1-2H3,(H2,17,18,24). The summed E-state index contributed by atoms with van der Waals surface area (Å²) < 4.78 is 31.8. The van der Waals surface area contributed by atoms with Crippen LogP contribution in [0.2, 0.25) is 0 Å². The van der Waals surface area contributed by atoms with Gasteiger partial charge in [0, 0.05) is 25.3 Å². The Hall–Kier alpha value is -1.26. The molecule has 1 heterocycles. The van der Waals surface area contributed by atoms with Gasteiger partial charge in [0.2, 0.25) is 10.0 Å². The maximum absolute atomic E-state index is 12.6. The zero-order chi connectivity index (χ0) is 18.3. The molecule has 0 aliphatic carbocycles. The van der Waals surface area contributed by atoms with Crippen molar-refractivity contribution in [3.05, 3.63) is 24.3 Å². The molecule has 0 radical (unpaired) electrons. The van der Waals surface area contributed by atoms with E-state index in [1.165, 1.54) is 4.31 Å². The Morgan fingerprint density at radius 2 is 1.88 bits per heavy atom. The number of hydrogen-bond donors (Lipinski definition) is 2. The molecule has 25 heavy (non-hydrogen) atoms. The van der Waals surface area contributed by atoms with Crippen LogP contribution in [-0.4, -0.2) is 76.2 Å². The summed E-state index contributed by atoms with van der Waals surface area (Å²) >= 11 is 5.25. The lowest BCUT2D eigenvalue weighted by atomic mass is 10.3. The van der Waals surface area contributed by atoms with Crippen molar-refractivity contribution in [2.24, 2.45) is 0 Å². The molecule has 0 bridgehead atoms. The molecule has 1 fully saturated rings. The van der Waals surface area contributed by atoms with E-state index in [-0.39, 0.29) is 4.90 Å². The van der Waals surface area contributed by atoms with E-state index in [1.807, 2.05) is 14.1 Å². The van der Waals surface area contributed by atoms with Crippen LogP contribution in [0.5, 0.6) is 0 Å². The second kappa shape index (κ2) is 9.44. The molecule has 0 unspecified atom stereocenters. The van der Waals surface area contributed by atoms with Gasteiger partial charge in [0.1, 0.15) is 0 Å². The van der Waals surface area contributed by atoms with Gasteiger partial charge in [-0.05, 0) is 63.5 Å². The summed E-state index contributed by atoms with van der Waals surface area (Å²) in [4.78, 5) is 2.40. The predicted octanol–water partition coefficient (Wildman–Crippen LogP) is 0.946. The van der Waals surface area contributed by atoms with Crippen LogP contribution in [0.3, 0.4) is 0 Å². The minimum Gasteiger partial charge on any atom is -0.379 e. The van der Waals surface area contributed by atoms with E-state index in [0.717, 1.165) is 25.2 Å². The van der Waals surface area contributed by atoms with E-state index in [0.29, 0.717) is 31.4 Å². The number of nitrogens with zero attached hydrogens (tertiary/aromatic N) is 2. The molecule has 0 spiro atoms. The van der Waals surface area contributed by atoms with Crippen molar-refractivity contribution in [3.8, 4) is 0 Å². The quantitative estimate of drug-likeness (QED) is 0.534. The van der Waals surface area contributed by atoms with Gasteiger partial charge in [-0.25, -0.2) is 8.42 Å². The number of benzene rings is 1. The van der Waals surface area contributed by atoms with Crippen molar-refractivity contribution in [3.63, 3.8) is 0 Å². The zero-order valence-corrected chi connectivity index (χ0v) is 16.3. The average molecular weight is 387 g/mol. The highest BCUT2D eigenvalue weighted by atomic mass is 32.2. The highest BCUT2D eigenvalue weighted by molar-refractivity contribution is 7.89. The molecule has 1 aliphatic rings. The van der Waals surface area contributed by atoms with E-state index in [2.05, 4.69) is 15.5 Å². The van der Waals surface area contributed by atoms with Gasteiger partial charge < -0.3 is 20.3 Å². The van der Waals surface area contributed by atoms with Crippen LogP contribution in [0.4, 0.5) is 5.69 Å². The van der Waals surface area contributed by atoms with Crippen molar-refractivity contribution < 1.29 is 13.2 Å². The van der Waals surface area contributed by atoms with E-state index >= 15 is 0 Å². The van der Waals surface area contributed by atoms with Gasteiger partial charge in [-0.2, -0.15) is 4.31 Å². The normalized spacial score (nSPS) is 16.0. The van der Waals surface area contributed by atoms with E-state index < -0.39 is 10.0 Å². The maximum Gasteiger partial charge on any atom is 0.243 e. The molecule has 1 aliphatic heterocycles. The topological polar surface area (TPSA) is 73.9 Å². The second-order valence-electron chi connectivity index (χ2n) is 6.08. The monoisotopic (exact) mass is 386 g/mol. The van der Waals surface area contributed by atoms with Crippen molar-refractivity contribution in [1.82, 2.24) is 14.5 Å². The molecule has 0 amide bonds. The Labute approximate surface area is 155 Å². The maximum atomic E-state index is 12.6. The fourth-order valence-corrected chi connectivity index (χ4v) is 4.05. The summed E-state index contributed by atoms with van der Waals surface area (Å²) in [6.45, 7) is 3.43. The molecule has 1 aromatic carbocycles. The van der Waals surface area contributed by atoms with Crippen LogP contribution in [-0.2, 0) is 14.8 Å². The molecule has 0 atom stereocenters. The average Bonchev–Trinajstić information content (AvgIpc) is 2.60. The van der Waals surface area contributed by atoms with Gasteiger partial charge in [0.05, 0.1) is 18.1 Å². The van der Waals surface area contributed by atoms with E-state index in [9.17, 15) is 8.42 Å². The molecule has 2 rings (SSSR count). The summed E-state index contributed by atoms with van der Waals surface area (Å²) in [5.41, 5.74) is 0.756. The van der Waals surface area contributed by atoms with Crippen LogP contribution in [0.25, 0.3) is 0 Å². The molecule has 1 aromatic rings. The number of hydrogen-bond acceptors (Lipinski definition) is 5. The molecule has 0 saturated carbocycles. The number of ether oxygens (including phenoxy) is 1. The molecule has 7 nitrogen and oxygen atoms in total. The van der Waals surface area contributed by atoms with Gasteiger partial charge >= 0.3 is 0 Å². The Kier molecular flexibility index (Phi) is 7.57. The Balaban J connectivity index is 1.87. The number of thiocarbonyl (C=S) groups is 1. The number of rotatable bonds is 7. The molecule has 1 saturated heterocycles. The fourth-order valence-electron chi connectivity index (χ4n) is 2.42. The van der Waals surface area contributed by atoms with Crippen molar-refractivity contribution >= 4 is 33.0 Å². The molecule has 140 valence electrons. The predicted molar refractivity (Wildman–Crippen MR) is 103 cm³/mol. The first-order valence-electron chi connectivity index (χ1n) is 8.27. The van der Waals surface area contributed by atoms with E-state index in [1.54, 1.807) is 24.3 Å². The Morgan fingerprint density at radius 1 is 1.24 bits per heavy atom. The first-order valence-corrected chi connectivity index (χ1v) is 10.1. The molecule has 2 N–H and O–H groups in total. The third-order valence-electron chi connectivity index (χ3n) is 3.79. The number of sulfonamides is 1. The number of anilines is 1. The lowest BCUT2D eigenvalue weighted by Crippen LogP contribution is -2.40. The van der Waals surface area contributed by atoms with Crippen molar-refractivity contribution in [2.75, 3.05) is 58.8 Å². The zero-order valence-electron chi connectivity index (χ0n) is 14.7. The van der Waals surface area contributed by atoms with Crippen molar-refractivity contribution in [1.29, 1.82) is 0 Å². The van der Waals surface area contributed by atoms with Crippen LogP contribution >= 0.6 is 12.2 Å². The van der Waals surface area contributed by atoms with E-state index in [4.69, 9.17) is 17.0 Å². The van der Waals surface area contributed by atoms with Gasteiger partial charge in [0.15, 0.2) is 5.11 Å². The van der Waals surface area contributed by atoms with Crippen LogP contribution in [0, 0.1) is 0 Å². The second-order valence-corrected chi connectivity index (χ2v) is 8.42. The Bertz CT molecular complexity index is 656. The lowest BCUT2D eigenvalue weighted by molar-refractivity contribution is 0.0730. The first kappa shape index (κ1) is 20.1. The SMILES string of the molecule is CN(C)CCCNC(=S)Nc1ccc(S(=O)(=O)N2CCOCC2)cc1. The largest absolute Gasteiger partial charge is 0.379 e. The van der Waals surface area contributed by atoms with Crippen molar-refractivity contribution in [2.45, 2.75) is 11.3 Å². The van der Waals surface area contributed by atoms with Crippen LogP contribution < -0.4 is 10.6 Å². The van der Waals surface area contributed by atoms with Gasteiger partial charge in [0.25, 0.3) is 0 Å². The number of nitrogens with one attached hydrogen (secondary N) is 2. The number of morpholine rings is 1. The molecular weight excluding hydrogens is 360 g/mol. The van der Waals surface area contributed by atoms with Crippen LogP contribution in [0.15, 0.2) is 29.2 Å². The minimum absolute atomic E-state index is 0.282. The smallest absolute Gasteiger partial charge is 0.243 e. The minimum atomic E-state index is -3.46. The molecule has 0 aromatic heterocycles. The summed E-state index contributed by atoms with van der Waals surface area (Å²) in [5, 5.41) is 6.73. The highest BCUT2D eigenvalue weighted by Gasteiger charge is 2.26. The summed E-state index contributed by atoms with van der Waals surface area (Å²) in [5.74, 6) is 0. The molecular formula is C16H26N4O3S2. The highest BCUT2D eigenvalue weighted by Crippen LogP contribution is 2.19. The molecule has 9 heteroatoms. The third kappa shape index (κ3) is 6.19.